The first-order valence-corrected chi connectivity index (χ1v) is 4.34. The monoisotopic (exact) mass is 242 g/mol. The third-order valence-corrected chi connectivity index (χ3v) is 2.42. The average molecular weight is 243 g/mol. The van der Waals surface area contributed by atoms with Crippen molar-refractivity contribution >= 4 is 23.2 Å². The van der Waals surface area contributed by atoms with Crippen LogP contribution in [0.3, 0.4) is 0 Å². The third kappa shape index (κ3) is 2.47. The average Bonchev–Trinajstić information content (AvgIpc) is 2.13. The van der Waals surface area contributed by atoms with Crippen molar-refractivity contribution in [2.75, 3.05) is 0 Å². The van der Waals surface area contributed by atoms with Crippen molar-refractivity contribution in [1.29, 1.82) is 0 Å². The number of halogens is 4. The topological polar surface area (TPSA) is 29.5 Å². The zero-order chi connectivity index (χ0) is 10.7. The third-order valence-electron chi connectivity index (χ3n) is 1.51. The number of aliphatic hydroxyl groups is 1. The van der Waals surface area contributed by atoms with Gasteiger partial charge in [0.1, 0.15) is 10.8 Å². The van der Waals surface area contributed by atoms with Gasteiger partial charge < -0.3 is 9.84 Å². The second kappa shape index (κ2) is 4.77. The molecule has 0 aliphatic heterocycles. The smallest absolute Gasteiger partial charge is 0.387 e. The highest BCUT2D eigenvalue weighted by Crippen LogP contribution is 2.35. The fourth-order valence-corrected chi connectivity index (χ4v) is 1.33. The molecule has 2 nitrogen and oxygen atoms in total. The molecule has 0 heterocycles. The number of benzene rings is 1. The fraction of sp³-hybridized carbons (Fsp3) is 0.250. The SMILES string of the molecule is OCc1ccc(OC(F)F)c(Cl)c1Cl. The zero-order valence-corrected chi connectivity index (χ0v) is 8.32. The van der Waals surface area contributed by atoms with Gasteiger partial charge >= 0.3 is 6.61 Å². The van der Waals surface area contributed by atoms with E-state index in [1.807, 2.05) is 0 Å². The lowest BCUT2D eigenvalue weighted by atomic mass is 10.2. The zero-order valence-electron chi connectivity index (χ0n) is 6.81. The van der Waals surface area contributed by atoms with Crippen LogP contribution in [0.1, 0.15) is 5.56 Å². The minimum Gasteiger partial charge on any atom is -0.433 e. The molecule has 1 N–H and O–H groups in total. The van der Waals surface area contributed by atoms with Crippen molar-refractivity contribution in [1.82, 2.24) is 0 Å². The molecule has 0 amide bonds. The number of aliphatic hydroxyl groups excluding tert-OH is 1. The Morgan fingerprint density at radius 2 is 1.93 bits per heavy atom. The van der Waals surface area contributed by atoms with Crippen LogP contribution in [0.15, 0.2) is 12.1 Å². The summed E-state index contributed by atoms with van der Waals surface area (Å²) < 4.78 is 27.8. The van der Waals surface area contributed by atoms with Crippen molar-refractivity contribution in [3.05, 3.63) is 27.7 Å². The van der Waals surface area contributed by atoms with Gasteiger partial charge in [-0.1, -0.05) is 29.3 Å². The maximum Gasteiger partial charge on any atom is 0.387 e. The lowest BCUT2D eigenvalue weighted by Gasteiger charge is -2.09. The Balaban J connectivity index is 3.04. The molecule has 1 rings (SSSR count). The number of hydrogen-bond donors (Lipinski definition) is 1. The second-order valence-electron chi connectivity index (χ2n) is 2.39. The van der Waals surface area contributed by atoms with E-state index in [2.05, 4.69) is 4.74 Å². The van der Waals surface area contributed by atoms with E-state index in [-0.39, 0.29) is 22.4 Å². The van der Waals surface area contributed by atoms with Gasteiger partial charge in [0.05, 0.1) is 11.6 Å². The summed E-state index contributed by atoms with van der Waals surface area (Å²) in [6, 6.07) is 2.60. The van der Waals surface area contributed by atoms with E-state index in [1.54, 1.807) is 0 Å². The van der Waals surface area contributed by atoms with Gasteiger partial charge in [0.25, 0.3) is 0 Å². The second-order valence-corrected chi connectivity index (χ2v) is 3.14. The number of ether oxygens (including phenoxy) is 1. The molecule has 0 radical (unpaired) electrons. The summed E-state index contributed by atoms with van der Waals surface area (Å²) in [5.74, 6) is -0.205. The highest BCUT2D eigenvalue weighted by atomic mass is 35.5. The Morgan fingerprint density at radius 1 is 1.29 bits per heavy atom. The molecule has 0 aliphatic carbocycles. The van der Waals surface area contributed by atoms with Crippen LogP contribution in [-0.4, -0.2) is 11.7 Å². The van der Waals surface area contributed by atoms with Gasteiger partial charge in [0.15, 0.2) is 0 Å². The molecule has 0 aromatic heterocycles. The van der Waals surface area contributed by atoms with Crippen molar-refractivity contribution < 1.29 is 18.6 Å². The van der Waals surface area contributed by atoms with Gasteiger partial charge in [-0.2, -0.15) is 8.78 Å². The van der Waals surface area contributed by atoms with E-state index in [0.29, 0.717) is 5.56 Å². The van der Waals surface area contributed by atoms with Gasteiger partial charge in [-0.25, -0.2) is 0 Å². The fourth-order valence-electron chi connectivity index (χ4n) is 0.881. The van der Waals surface area contributed by atoms with Crippen molar-refractivity contribution in [3.8, 4) is 5.75 Å². The summed E-state index contributed by atoms with van der Waals surface area (Å²) in [6.07, 6.45) is 0. The molecule has 1 aromatic rings. The largest absolute Gasteiger partial charge is 0.433 e. The van der Waals surface area contributed by atoms with Crippen LogP contribution >= 0.6 is 23.2 Å². The van der Waals surface area contributed by atoms with E-state index in [0.717, 1.165) is 0 Å². The standard InChI is InChI=1S/C8H6Cl2F2O2/c9-6-4(3-13)1-2-5(7(6)10)14-8(11)12/h1-2,8,13H,3H2. The molecular weight excluding hydrogens is 237 g/mol. The minimum atomic E-state index is -2.96. The predicted octanol–water partition coefficient (Wildman–Crippen LogP) is 3.09. The molecule has 6 heteroatoms. The molecular formula is C8H6Cl2F2O2. The molecule has 0 unspecified atom stereocenters. The van der Waals surface area contributed by atoms with Crippen LogP contribution in [-0.2, 0) is 6.61 Å². The highest BCUT2D eigenvalue weighted by Gasteiger charge is 2.13. The first-order chi connectivity index (χ1) is 6.56. The lowest BCUT2D eigenvalue weighted by Crippen LogP contribution is -2.03. The minimum absolute atomic E-state index is 0.0207. The summed E-state index contributed by atoms with van der Waals surface area (Å²) in [5.41, 5.74) is 0.360. The van der Waals surface area contributed by atoms with Gasteiger partial charge in [-0.05, 0) is 11.6 Å². The Bertz CT molecular complexity index is 331. The maximum atomic E-state index is 11.8. The Morgan fingerprint density at radius 3 is 2.43 bits per heavy atom. The lowest BCUT2D eigenvalue weighted by molar-refractivity contribution is -0.0497. The Labute approximate surface area is 89.0 Å². The van der Waals surface area contributed by atoms with Crippen LogP contribution in [0.25, 0.3) is 0 Å². The molecule has 0 aliphatic rings. The molecule has 0 fully saturated rings. The molecule has 0 bridgehead atoms. The molecule has 0 saturated carbocycles. The van der Waals surface area contributed by atoms with Gasteiger partial charge in [-0.15, -0.1) is 0 Å². The van der Waals surface area contributed by atoms with Crippen LogP contribution in [0, 0.1) is 0 Å². The summed E-state index contributed by atoms with van der Waals surface area (Å²) in [5, 5.41) is 8.68. The molecule has 14 heavy (non-hydrogen) atoms. The Hall–Kier alpha value is -0.580. The number of rotatable bonds is 3. The molecule has 1 aromatic carbocycles. The molecule has 0 saturated heterocycles. The van der Waals surface area contributed by atoms with E-state index < -0.39 is 6.61 Å². The van der Waals surface area contributed by atoms with Crippen LogP contribution in [0.5, 0.6) is 5.75 Å². The summed E-state index contributed by atoms with van der Waals surface area (Å²) in [4.78, 5) is 0. The first kappa shape index (κ1) is 11.5. The van der Waals surface area contributed by atoms with Crippen LogP contribution in [0.2, 0.25) is 10.0 Å². The van der Waals surface area contributed by atoms with Crippen molar-refractivity contribution in [3.63, 3.8) is 0 Å². The van der Waals surface area contributed by atoms with E-state index in [4.69, 9.17) is 28.3 Å². The van der Waals surface area contributed by atoms with Gasteiger partial charge in [-0.3, -0.25) is 0 Å². The van der Waals surface area contributed by atoms with Crippen LogP contribution in [0.4, 0.5) is 8.78 Å². The molecule has 0 atom stereocenters. The van der Waals surface area contributed by atoms with Crippen molar-refractivity contribution in [2.45, 2.75) is 13.2 Å². The summed E-state index contributed by atoms with van der Waals surface area (Å²) in [6.45, 7) is -3.27. The van der Waals surface area contributed by atoms with E-state index in [9.17, 15) is 8.78 Å². The summed E-state index contributed by atoms with van der Waals surface area (Å²) in [7, 11) is 0. The maximum absolute atomic E-state index is 11.8. The van der Waals surface area contributed by atoms with Crippen molar-refractivity contribution in [2.24, 2.45) is 0 Å². The van der Waals surface area contributed by atoms with Gasteiger partial charge in [0.2, 0.25) is 0 Å². The normalized spacial score (nSPS) is 10.7. The van der Waals surface area contributed by atoms with Crippen LogP contribution < -0.4 is 4.74 Å². The van der Waals surface area contributed by atoms with E-state index >= 15 is 0 Å². The highest BCUT2D eigenvalue weighted by molar-refractivity contribution is 6.43. The number of hydrogen-bond acceptors (Lipinski definition) is 2. The quantitative estimate of drug-likeness (QED) is 0.883. The first-order valence-electron chi connectivity index (χ1n) is 3.58. The van der Waals surface area contributed by atoms with Gasteiger partial charge in [0, 0.05) is 0 Å². The number of alkyl halides is 2. The van der Waals surface area contributed by atoms with E-state index in [1.165, 1.54) is 12.1 Å². The molecule has 78 valence electrons. The Kier molecular flexibility index (Phi) is 3.92. The predicted molar refractivity (Wildman–Crippen MR) is 49.0 cm³/mol. The molecule has 0 spiro atoms. The summed E-state index contributed by atoms with van der Waals surface area (Å²) >= 11 is 11.3.